The minimum absolute atomic E-state index is 0.444. The van der Waals surface area contributed by atoms with E-state index in [-0.39, 0.29) is 0 Å². The van der Waals surface area contributed by atoms with Crippen LogP contribution in [0.2, 0.25) is 0 Å². The molecule has 33 heavy (non-hydrogen) atoms. The fourth-order valence-corrected chi connectivity index (χ4v) is 3.51. The second-order valence-electron chi connectivity index (χ2n) is 7.66. The zero-order valence-corrected chi connectivity index (χ0v) is 19.3. The number of aliphatic hydroxyl groups excluding tert-OH is 1. The molecule has 0 radical (unpaired) electrons. The molecule has 0 aliphatic rings. The minimum atomic E-state index is -0.698. The number of aromatic nitrogens is 2. The highest BCUT2D eigenvalue weighted by molar-refractivity contribution is 5.76. The Labute approximate surface area is 195 Å². The maximum atomic E-state index is 10.8. The van der Waals surface area contributed by atoms with Crippen molar-refractivity contribution in [2.45, 2.75) is 31.6 Å². The Balaban J connectivity index is 1.59. The van der Waals surface area contributed by atoms with Crippen LogP contribution < -0.4 is 4.74 Å². The molecule has 0 fully saturated rings. The SMILES string of the molecule is C=C[C@@H](Oc1nc2ccccc2n1CCOCCOCCOC)[C@H](O)CCc1ccccc1. The van der Waals surface area contributed by atoms with E-state index in [0.717, 1.165) is 17.5 Å². The summed E-state index contributed by atoms with van der Waals surface area (Å²) in [7, 11) is 1.65. The van der Waals surface area contributed by atoms with E-state index < -0.39 is 12.2 Å². The number of benzene rings is 2. The van der Waals surface area contributed by atoms with Gasteiger partial charge in [0.1, 0.15) is 6.10 Å². The fraction of sp³-hybridized carbons (Fsp3) is 0.423. The van der Waals surface area contributed by atoms with Gasteiger partial charge in [-0.1, -0.05) is 49.0 Å². The van der Waals surface area contributed by atoms with Gasteiger partial charge in [0.05, 0.1) is 56.7 Å². The second-order valence-corrected chi connectivity index (χ2v) is 7.66. The summed E-state index contributed by atoms with van der Waals surface area (Å²) in [6.07, 6.45) is 1.68. The zero-order valence-electron chi connectivity index (χ0n) is 19.3. The Bertz CT molecular complexity index is 960. The molecule has 0 bridgehead atoms. The number of imidazole rings is 1. The number of aliphatic hydroxyl groups is 1. The van der Waals surface area contributed by atoms with Crippen molar-refractivity contribution in [2.75, 3.05) is 40.1 Å². The highest BCUT2D eigenvalue weighted by Crippen LogP contribution is 2.23. The number of aryl methyl sites for hydroxylation is 1. The first-order valence-corrected chi connectivity index (χ1v) is 11.3. The lowest BCUT2D eigenvalue weighted by Crippen LogP contribution is -2.31. The molecule has 1 aromatic heterocycles. The van der Waals surface area contributed by atoms with E-state index in [2.05, 4.69) is 23.7 Å². The lowest BCUT2D eigenvalue weighted by Gasteiger charge is -2.21. The van der Waals surface area contributed by atoms with Gasteiger partial charge in [0.2, 0.25) is 0 Å². The molecule has 0 amide bonds. The summed E-state index contributed by atoms with van der Waals surface area (Å²) in [4.78, 5) is 4.64. The van der Waals surface area contributed by atoms with Gasteiger partial charge in [-0.3, -0.25) is 4.57 Å². The molecule has 7 nitrogen and oxygen atoms in total. The number of fused-ring (bicyclic) bond motifs is 1. The molecule has 3 aromatic rings. The smallest absolute Gasteiger partial charge is 0.298 e. The number of nitrogens with zero attached hydrogens (tertiary/aromatic N) is 2. The first kappa shape index (κ1) is 24.9. The van der Waals surface area contributed by atoms with Crippen LogP contribution in [0.1, 0.15) is 12.0 Å². The van der Waals surface area contributed by atoms with E-state index in [1.54, 1.807) is 13.2 Å². The topological polar surface area (TPSA) is 75.0 Å². The summed E-state index contributed by atoms with van der Waals surface area (Å²) in [5.41, 5.74) is 2.96. The maximum Gasteiger partial charge on any atom is 0.298 e. The zero-order chi connectivity index (χ0) is 23.3. The van der Waals surface area contributed by atoms with Crippen molar-refractivity contribution in [3.05, 3.63) is 72.8 Å². The largest absolute Gasteiger partial charge is 0.454 e. The third kappa shape index (κ3) is 7.68. The van der Waals surface area contributed by atoms with Crippen molar-refractivity contribution in [3.8, 4) is 6.01 Å². The quantitative estimate of drug-likeness (QED) is 0.263. The monoisotopic (exact) mass is 454 g/mol. The number of para-hydroxylation sites is 2. The average molecular weight is 455 g/mol. The molecule has 0 saturated carbocycles. The van der Waals surface area contributed by atoms with E-state index in [1.165, 1.54) is 5.56 Å². The predicted molar refractivity (Wildman–Crippen MR) is 129 cm³/mol. The lowest BCUT2D eigenvalue weighted by molar-refractivity contribution is 0.0216. The van der Waals surface area contributed by atoms with Gasteiger partial charge in [-0.2, -0.15) is 4.98 Å². The summed E-state index contributed by atoms with van der Waals surface area (Å²) in [5, 5.41) is 10.8. The number of methoxy groups -OCH3 is 1. The molecule has 0 aliphatic heterocycles. The molecule has 2 atom stereocenters. The third-order valence-corrected chi connectivity index (χ3v) is 5.31. The Morgan fingerprint density at radius 2 is 1.67 bits per heavy atom. The van der Waals surface area contributed by atoms with Crippen LogP contribution in [0.25, 0.3) is 11.0 Å². The van der Waals surface area contributed by atoms with Crippen LogP contribution in [0.5, 0.6) is 6.01 Å². The second kappa shape index (κ2) is 13.7. The number of rotatable bonds is 16. The molecule has 2 aromatic carbocycles. The van der Waals surface area contributed by atoms with Crippen LogP contribution >= 0.6 is 0 Å². The van der Waals surface area contributed by atoms with Crippen LogP contribution in [-0.2, 0) is 27.2 Å². The standard InChI is InChI=1S/C26H34N2O5/c1-3-25(24(29)14-13-21-9-5-4-6-10-21)33-26-27-22-11-7-8-12-23(22)28(26)15-16-31-19-20-32-18-17-30-2/h3-12,24-25,29H,1,13-20H2,2H3/t24-,25-/m1/s1. The molecule has 7 heteroatoms. The maximum absolute atomic E-state index is 10.8. The summed E-state index contributed by atoms with van der Waals surface area (Å²) in [5.74, 6) is 0. The highest BCUT2D eigenvalue weighted by atomic mass is 16.5. The molecule has 0 spiro atoms. The van der Waals surface area contributed by atoms with E-state index in [9.17, 15) is 5.11 Å². The average Bonchev–Trinajstić information content (AvgIpc) is 3.20. The van der Waals surface area contributed by atoms with Gasteiger partial charge >= 0.3 is 0 Å². The highest BCUT2D eigenvalue weighted by Gasteiger charge is 2.21. The van der Waals surface area contributed by atoms with Crippen molar-refractivity contribution in [1.29, 1.82) is 0 Å². The van der Waals surface area contributed by atoms with E-state index in [1.807, 2.05) is 47.0 Å². The molecule has 1 heterocycles. The minimum Gasteiger partial charge on any atom is -0.454 e. The van der Waals surface area contributed by atoms with Crippen LogP contribution in [0.4, 0.5) is 0 Å². The number of ether oxygens (including phenoxy) is 4. The van der Waals surface area contributed by atoms with E-state index in [0.29, 0.717) is 52.0 Å². The molecule has 0 saturated heterocycles. The van der Waals surface area contributed by atoms with Gasteiger partial charge in [-0.25, -0.2) is 0 Å². The Morgan fingerprint density at radius 3 is 2.42 bits per heavy atom. The summed E-state index contributed by atoms with van der Waals surface area (Å²) >= 11 is 0. The van der Waals surface area contributed by atoms with Crippen LogP contribution in [0, 0.1) is 0 Å². The first-order valence-electron chi connectivity index (χ1n) is 11.3. The van der Waals surface area contributed by atoms with Gasteiger partial charge < -0.3 is 24.1 Å². The van der Waals surface area contributed by atoms with Crippen LogP contribution in [-0.4, -0.2) is 67.0 Å². The summed E-state index contributed by atoms with van der Waals surface area (Å²) in [6, 6.07) is 18.4. The van der Waals surface area contributed by atoms with Crippen molar-refractivity contribution < 1.29 is 24.1 Å². The summed E-state index contributed by atoms with van der Waals surface area (Å²) in [6.45, 7) is 7.06. The van der Waals surface area contributed by atoms with Crippen molar-refractivity contribution >= 4 is 11.0 Å². The van der Waals surface area contributed by atoms with Crippen molar-refractivity contribution in [2.24, 2.45) is 0 Å². The predicted octanol–water partition coefficient (Wildman–Crippen LogP) is 3.64. The first-order chi connectivity index (χ1) is 16.2. The van der Waals surface area contributed by atoms with Crippen molar-refractivity contribution in [1.82, 2.24) is 9.55 Å². The molecule has 178 valence electrons. The van der Waals surface area contributed by atoms with Gasteiger partial charge in [0.25, 0.3) is 6.01 Å². The Morgan fingerprint density at radius 1 is 0.970 bits per heavy atom. The fourth-order valence-electron chi connectivity index (χ4n) is 3.51. The Kier molecular flexibility index (Phi) is 10.4. The van der Waals surface area contributed by atoms with Crippen LogP contribution in [0.15, 0.2) is 67.3 Å². The molecule has 3 rings (SSSR count). The number of hydrogen-bond acceptors (Lipinski definition) is 6. The van der Waals surface area contributed by atoms with Gasteiger partial charge in [-0.15, -0.1) is 0 Å². The summed E-state index contributed by atoms with van der Waals surface area (Å²) < 4.78 is 24.2. The van der Waals surface area contributed by atoms with E-state index in [4.69, 9.17) is 18.9 Å². The van der Waals surface area contributed by atoms with Gasteiger partial charge in [0, 0.05) is 7.11 Å². The van der Waals surface area contributed by atoms with Gasteiger partial charge in [0.15, 0.2) is 0 Å². The molecule has 0 aliphatic carbocycles. The van der Waals surface area contributed by atoms with Crippen molar-refractivity contribution in [3.63, 3.8) is 0 Å². The molecular weight excluding hydrogens is 420 g/mol. The molecule has 1 N–H and O–H groups in total. The number of hydrogen-bond donors (Lipinski definition) is 1. The third-order valence-electron chi connectivity index (χ3n) is 5.31. The lowest BCUT2D eigenvalue weighted by atomic mass is 10.0. The van der Waals surface area contributed by atoms with Crippen LogP contribution in [0.3, 0.4) is 0 Å². The van der Waals surface area contributed by atoms with Gasteiger partial charge in [-0.05, 0) is 36.6 Å². The molecular formula is C26H34N2O5. The van der Waals surface area contributed by atoms with E-state index >= 15 is 0 Å². The normalized spacial score (nSPS) is 13.2. The molecule has 0 unspecified atom stereocenters. The Hall–Kier alpha value is -2.71.